The average Bonchev–Trinajstić information content (AvgIpc) is 3.04. The van der Waals surface area contributed by atoms with Gasteiger partial charge in [-0.1, -0.05) is 37.5 Å². The number of carbonyl (C=O) groups is 2. The van der Waals surface area contributed by atoms with Gasteiger partial charge in [-0.15, -0.1) is 0 Å². The molecule has 1 aliphatic heterocycles. The molecule has 6 nitrogen and oxygen atoms in total. The Morgan fingerprint density at radius 1 is 1.14 bits per heavy atom. The van der Waals surface area contributed by atoms with E-state index in [-0.39, 0.29) is 18.4 Å². The largest absolute Gasteiger partial charge is 0.548 e. The number of aromatic nitrogens is 1. The monoisotopic (exact) mass is 397 g/mol. The Kier molecular flexibility index (Phi) is 5.05. The van der Waals surface area contributed by atoms with Gasteiger partial charge in [0.2, 0.25) is 0 Å². The van der Waals surface area contributed by atoms with Crippen molar-refractivity contribution in [1.29, 1.82) is 0 Å². The van der Waals surface area contributed by atoms with Gasteiger partial charge in [0.1, 0.15) is 5.60 Å². The van der Waals surface area contributed by atoms with Gasteiger partial charge in [-0.25, -0.2) is 4.79 Å². The van der Waals surface area contributed by atoms with E-state index in [4.69, 9.17) is 4.74 Å². The smallest absolute Gasteiger partial charge is 0.411 e. The second kappa shape index (κ2) is 7.39. The van der Waals surface area contributed by atoms with E-state index in [1.165, 1.54) is 11.3 Å². The van der Waals surface area contributed by atoms with Crippen molar-refractivity contribution in [3.8, 4) is 0 Å². The number of carboxylic acids is 1. The van der Waals surface area contributed by atoms with Gasteiger partial charge in [-0.3, -0.25) is 4.90 Å². The van der Waals surface area contributed by atoms with E-state index in [0.717, 1.165) is 47.8 Å². The van der Waals surface area contributed by atoms with Crippen LogP contribution in [0, 0.1) is 5.92 Å². The molecule has 156 valence electrons. The van der Waals surface area contributed by atoms with Gasteiger partial charge in [0.25, 0.3) is 0 Å². The van der Waals surface area contributed by atoms with Crippen LogP contribution in [0.4, 0.5) is 4.79 Å². The van der Waals surface area contributed by atoms with Crippen LogP contribution < -0.4 is 5.11 Å². The number of hydrogen-bond donors (Lipinski definition) is 1. The molecule has 1 aromatic heterocycles. The highest BCUT2D eigenvalue weighted by Gasteiger charge is 2.45. The lowest BCUT2D eigenvalue weighted by molar-refractivity contribution is -0.312. The molecule has 6 heteroatoms. The van der Waals surface area contributed by atoms with Gasteiger partial charge in [0.05, 0.1) is 18.1 Å². The molecule has 1 amide bonds. The van der Waals surface area contributed by atoms with Crippen LogP contribution in [0.5, 0.6) is 0 Å². The fourth-order valence-electron chi connectivity index (χ4n) is 4.98. The van der Waals surface area contributed by atoms with Crippen molar-refractivity contribution >= 4 is 23.0 Å². The second-order valence-corrected chi connectivity index (χ2v) is 9.33. The molecule has 1 aliphatic carbocycles. The van der Waals surface area contributed by atoms with Crippen LogP contribution in [0.2, 0.25) is 0 Å². The van der Waals surface area contributed by atoms with Crippen LogP contribution in [-0.2, 0) is 16.0 Å². The zero-order valence-corrected chi connectivity index (χ0v) is 17.4. The highest BCUT2D eigenvalue weighted by atomic mass is 16.6. The minimum absolute atomic E-state index is 0.199. The Balaban J connectivity index is 1.86. The first-order chi connectivity index (χ1) is 13.8. The summed E-state index contributed by atoms with van der Waals surface area (Å²) in [6, 6.07) is 6.55. The summed E-state index contributed by atoms with van der Waals surface area (Å²) in [6.45, 7) is 5.40. The highest BCUT2D eigenvalue weighted by Crippen LogP contribution is 2.45. The number of para-hydroxylation sites is 1. The van der Waals surface area contributed by atoms with Crippen molar-refractivity contribution in [1.82, 2.24) is 9.88 Å². The maximum Gasteiger partial charge on any atom is 0.411 e. The van der Waals surface area contributed by atoms with Gasteiger partial charge < -0.3 is 19.6 Å². The average molecular weight is 397 g/mol. The Bertz CT molecular complexity index is 921. The lowest BCUT2D eigenvalue weighted by Gasteiger charge is -2.46. The van der Waals surface area contributed by atoms with Crippen molar-refractivity contribution in [2.75, 3.05) is 0 Å². The van der Waals surface area contributed by atoms with Crippen LogP contribution in [0.1, 0.15) is 70.2 Å². The molecule has 2 aromatic rings. The molecule has 2 unspecified atom stereocenters. The fraction of sp³-hybridized carbons (Fsp3) is 0.565. The molecule has 0 saturated heterocycles. The lowest BCUT2D eigenvalue weighted by Crippen LogP contribution is -2.57. The third-order valence-corrected chi connectivity index (χ3v) is 6.15. The van der Waals surface area contributed by atoms with Crippen LogP contribution in [-0.4, -0.2) is 33.6 Å². The summed E-state index contributed by atoms with van der Waals surface area (Å²) in [5.74, 6) is -1.03. The predicted molar refractivity (Wildman–Crippen MR) is 108 cm³/mol. The molecule has 0 radical (unpaired) electrons. The second-order valence-electron chi connectivity index (χ2n) is 9.33. The molecule has 0 bridgehead atoms. The van der Waals surface area contributed by atoms with Crippen molar-refractivity contribution in [2.24, 2.45) is 5.92 Å². The number of fused-ring (bicyclic) bond motifs is 3. The molecule has 1 saturated carbocycles. The number of nitrogens with zero attached hydrogens (tertiary/aromatic N) is 1. The zero-order valence-electron chi connectivity index (χ0n) is 17.4. The number of aliphatic carboxylic acids is 1. The number of aromatic amines is 1. The summed E-state index contributed by atoms with van der Waals surface area (Å²) in [6.07, 6.45) is 4.95. The molecule has 2 aliphatic rings. The van der Waals surface area contributed by atoms with Crippen molar-refractivity contribution in [2.45, 2.75) is 77.0 Å². The van der Waals surface area contributed by atoms with E-state index in [0.29, 0.717) is 0 Å². The molecular formula is C23H29N2O4-. The molecule has 2 atom stereocenters. The first-order valence-corrected chi connectivity index (χ1v) is 10.6. The van der Waals surface area contributed by atoms with Crippen LogP contribution >= 0.6 is 0 Å². The summed E-state index contributed by atoms with van der Waals surface area (Å²) in [5.41, 5.74) is 2.22. The number of hydrogen-bond acceptors (Lipinski definition) is 4. The van der Waals surface area contributed by atoms with Crippen molar-refractivity contribution < 1.29 is 19.4 Å². The Labute approximate surface area is 171 Å². The predicted octanol–water partition coefficient (Wildman–Crippen LogP) is 3.70. The number of benzene rings is 1. The van der Waals surface area contributed by atoms with E-state index in [1.807, 2.05) is 24.3 Å². The Morgan fingerprint density at radius 2 is 1.83 bits per heavy atom. The van der Waals surface area contributed by atoms with Crippen LogP contribution in [0.25, 0.3) is 10.9 Å². The third-order valence-electron chi connectivity index (χ3n) is 6.15. The van der Waals surface area contributed by atoms with Crippen molar-refractivity contribution in [3.05, 3.63) is 35.5 Å². The van der Waals surface area contributed by atoms with E-state index in [1.54, 1.807) is 20.8 Å². The highest BCUT2D eigenvalue weighted by molar-refractivity contribution is 5.88. The standard InChI is InChI=1S/C23H30N2O4/c1-23(2,3)29-22(28)25-18(21(26)27)13-16-15-11-7-8-12-17(15)24-19(16)20(25)14-9-5-4-6-10-14/h7-8,11-12,14,18,20,24H,4-6,9-10,13H2,1-3H3,(H,26,27)/p-1. The number of carbonyl (C=O) groups excluding carboxylic acids is 2. The number of rotatable bonds is 2. The SMILES string of the molecule is CC(C)(C)OC(=O)N1C(C(=O)[O-])Cc2c([nH]c3ccccc23)C1C1CCCCC1. The maximum absolute atomic E-state index is 13.2. The molecule has 2 heterocycles. The van der Waals surface area contributed by atoms with Crippen LogP contribution in [0.15, 0.2) is 24.3 Å². The molecular weight excluding hydrogens is 368 g/mol. The molecule has 29 heavy (non-hydrogen) atoms. The molecule has 0 spiro atoms. The maximum atomic E-state index is 13.2. The summed E-state index contributed by atoms with van der Waals surface area (Å²) in [4.78, 5) is 30.3. The van der Waals surface area contributed by atoms with E-state index >= 15 is 0 Å². The summed E-state index contributed by atoms with van der Waals surface area (Å²) in [5, 5.41) is 13.2. The summed E-state index contributed by atoms with van der Waals surface area (Å²) < 4.78 is 5.65. The van der Waals surface area contributed by atoms with Crippen molar-refractivity contribution in [3.63, 3.8) is 0 Å². The van der Waals surface area contributed by atoms with Gasteiger partial charge in [0.15, 0.2) is 0 Å². The number of carboxylic acid groups (broad SMARTS) is 1. The van der Waals surface area contributed by atoms with Gasteiger partial charge in [-0.05, 0) is 51.2 Å². The minimum atomic E-state index is -1.23. The fourth-order valence-corrected chi connectivity index (χ4v) is 4.98. The Hall–Kier alpha value is -2.50. The number of H-pyrrole nitrogens is 1. The molecule has 1 aromatic carbocycles. The summed E-state index contributed by atoms with van der Waals surface area (Å²) in [7, 11) is 0. The quantitative estimate of drug-likeness (QED) is 0.837. The summed E-state index contributed by atoms with van der Waals surface area (Å²) >= 11 is 0. The topological polar surface area (TPSA) is 85.5 Å². The van der Waals surface area contributed by atoms with Gasteiger partial charge in [0, 0.05) is 23.0 Å². The van der Waals surface area contributed by atoms with E-state index in [2.05, 4.69) is 4.98 Å². The molecule has 1 N–H and O–H groups in total. The molecule has 1 fully saturated rings. The first kappa shape index (κ1) is 19.8. The number of ether oxygens (including phenoxy) is 1. The van der Waals surface area contributed by atoms with Gasteiger partial charge >= 0.3 is 6.09 Å². The van der Waals surface area contributed by atoms with Gasteiger partial charge in [-0.2, -0.15) is 0 Å². The van der Waals surface area contributed by atoms with E-state index in [9.17, 15) is 14.7 Å². The molecule has 4 rings (SSSR count). The first-order valence-electron chi connectivity index (χ1n) is 10.6. The lowest BCUT2D eigenvalue weighted by atomic mass is 9.78. The number of nitrogens with one attached hydrogen (secondary N) is 1. The third kappa shape index (κ3) is 3.72. The van der Waals surface area contributed by atoms with E-state index < -0.39 is 23.7 Å². The number of amides is 1. The minimum Gasteiger partial charge on any atom is -0.548 e. The zero-order chi connectivity index (χ0) is 20.8. The Morgan fingerprint density at radius 3 is 2.48 bits per heavy atom. The van der Waals surface area contributed by atoms with Crippen LogP contribution in [0.3, 0.4) is 0 Å². The normalized spacial score (nSPS) is 23.1.